The molecule has 3 rings (SSSR count). The molecule has 0 spiro atoms. The van der Waals surface area contributed by atoms with Gasteiger partial charge in [0.1, 0.15) is 5.82 Å². The van der Waals surface area contributed by atoms with Gasteiger partial charge in [0, 0.05) is 44.6 Å². The Morgan fingerprint density at radius 3 is 2.48 bits per heavy atom. The summed E-state index contributed by atoms with van der Waals surface area (Å²) in [4.78, 5) is 24.5. The van der Waals surface area contributed by atoms with Crippen LogP contribution in [0.4, 0.5) is 14.7 Å². The Morgan fingerprint density at radius 1 is 1.16 bits per heavy atom. The molecule has 0 radical (unpaired) electrons. The van der Waals surface area contributed by atoms with E-state index >= 15 is 0 Å². The van der Waals surface area contributed by atoms with Crippen molar-refractivity contribution in [2.45, 2.75) is 13.0 Å². The van der Waals surface area contributed by atoms with Crippen molar-refractivity contribution in [3.63, 3.8) is 0 Å². The Hall–Kier alpha value is -2.77. The standard InChI is InChI=1S/C17H18F2N4O2/c1-12(25-15-4-3-13(18)11-14(15)19)16(24)22-7-9-23(10-8-22)17-20-5-2-6-21-17/h2-6,11-12H,7-10H2,1H3. The van der Waals surface area contributed by atoms with Crippen molar-refractivity contribution in [3.8, 4) is 5.75 Å². The SMILES string of the molecule is CC(Oc1ccc(F)cc1F)C(=O)N1CCN(c2ncccn2)CC1. The lowest BCUT2D eigenvalue weighted by molar-refractivity contribution is -0.138. The van der Waals surface area contributed by atoms with E-state index in [1.807, 2.05) is 4.90 Å². The molecule has 8 heteroatoms. The molecule has 2 aromatic rings. The number of rotatable bonds is 4. The third kappa shape index (κ3) is 4.01. The number of aromatic nitrogens is 2. The second-order valence-electron chi connectivity index (χ2n) is 5.70. The molecule has 0 N–H and O–H groups in total. The summed E-state index contributed by atoms with van der Waals surface area (Å²) < 4.78 is 31.9. The number of amides is 1. The average Bonchev–Trinajstić information content (AvgIpc) is 2.64. The summed E-state index contributed by atoms with van der Waals surface area (Å²) in [6.07, 6.45) is 2.49. The lowest BCUT2D eigenvalue weighted by atomic mass is 10.2. The van der Waals surface area contributed by atoms with Crippen molar-refractivity contribution in [3.05, 3.63) is 48.3 Å². The molecule has 1 unspecified atom stereocenters. The highest BCUT2D eigenvalue weighted by atomic mass is 19.1. The Labute approximate surface area is 144 Å². The van der Waals surface area contributed by atoms with Crippen LogP contribution in [-0.4, -0.2) is 53.1 Å². The Morgan fingerprint density at radius 2 is 1.84 bits per heavy atom. The number of halogens is 2. The number of carbonyl (C=O) groups is 1. The predicted octanol–water partition coefficient (Wildman–Crippen LogP) is 1.87. The van der Waals surface area contributed by atoms with Gasteiger partial charge in [0.25, 0.3) is 5.91 Å². The van der Waals surface area contributed by atoms with Crippen LogP contribution in [-0.2, 0) is 4.79 Å². The van der Waals surface area contributed by atoms with E-state index in [0.29, 0.717) is 32.1 Å². The minimum atomic E-state index is -0.862. The van der Waals surface area contributed by atoms with Crippen LogP contribution in [0.3, 0.4) is 0 Å². The largest absolute Gasteiger partial charge is 0.478 e. The topological polar surface area (TPSA) is 58.6 Å². The minimum absolute atomic E-state index is 0.140. The van der Waals surface area contributed by atoms with Crippen molar-refractivity contribution in [2.75, 3.05) is 31.1 Å². The molecule has 0 aliphatic carbocycles. The maximum absolute atomic E-state index is 13.6. The molecule has 2 heterocycles. The Kier molecular flexibility index (Phi) is 5.06. The van der Waals surface area contributed by atoms with E-state index in [1.165, 1.54) is 6.07 Å². The van der Waals surface area contributed by atoms with Crippen LogP contribution in [0, 0.1) is 11.6 Å². The maximum Gasteiger partial charge on any atom is 0.263 e. The summed E-state index contributed by atoms with van der Waals surface area (Å²) in [7, 11) is 0. The number of benzene rings is 1. The molecule has 1 aliphatic rings. The number of carbonyl (C=O) groups excluding carboxylic acids is 1. The van der Waals surface area contributed by atoms with E-state index in [1.54, 1.807) is 30.3 Å². The van der Waals surface area contributed by atoms with Crippen LogP contribution in [0.25, 0.3) is 0 Å². The van der Waals surface area contributed by atoms with Gasteiger partial charge in [-0.3, -0.25) is 4.79 Å². The zero-order chi connectivity index (χ0) is 17.8. The van der Waals surface area contributed by atoms with Gasteiger partial charge >= 0.3 is 0 Å². The van der Waals surface area contributed by atoms with Gasteiger partial charge in [0.2, 0.25) is 5.95 Å². The van der Waals surface area contributed by atoms with Crippen molar-refractivity contribution >= 4 is 11.9 Å². The van der Waals surface area contributed by atoms with E-state index in [0.717, 1.165) is 12.1 Å². The first-order valence-electron chi connectivity index (χ1n) is 7.97. The lowest BCUT2D eigenvalue weighted by Gasteiger charge is -2.35. The molecule has 6 nitrogen and oxygen atoms in total. The monoisotopic (exact) mass is 348 g/mol. The first-order chi connectivity index (χ1) is 12.0. The Bertz CT molecular complexity index is 737. The van der Waals surface area contributed by atoms with Gasteiger partial charge in [-0.05, 0) is 25.1 Å². The lowest BCUT2D eigenvalue weighted by Crippen LogP contribution is -2.52. The third-order valence-corrected chi connectivity index (χ3v) is 3.97. The van der Waals surface area contributed by atoms with Gasteiger partial charge in [0.05, 0.1) is 0 Å². The number of hydrogen-bond acceptors (Lipinski definition) is 5. The molecule has 1 fully saturated rings. The first-order valence-corrected chi connectivity index (χ1v) is 7.97. The molecule has 1 aromatic carbocycles. The van der Waals surface area contributed by atoms with Gasteiger partial charge in [-0.25, -0.2) is 18.7 Å². The summed E-state index contributed by atoms with van der Waals surface area (Å²) in [5.41, 5.74) is 0. The fourth-order valence-corrected chi connectivity index (χ4v) is 2.65. The van der Waals surface area contributed by atoms with Crippen LogP contribution in [0.15, 0.2) is 36.7 Å². The number of piperazine rings is 1. The number of ether oxygens (including phenoxy) is 1. The summed E-state index contributed by atoms with van der Waals surface area (Å²) in [6.45, 7) is 3.76. The fourth-order valence-electron chi connectivity index (χ4n) is 2.65. The van der Waals surface area contributed by atoms with Crippen LogP contribution in [0.1, 0.15) is 6.92 Å². The average molecular weight is 348 g/mol. The van der Waals surface area contributed by atoms with Gasteiger partial charge < -0.3 is 14.5 Å². The van der Waals surface area contributed by atoms with Gasteiger partial charge in [-0.1, -0.05) is 0 Å². The molecule has 132 valence electrons. The molecule has 1 saturated heterocycles. The zero-order valence-corrected chi connectivity index (χ0v) is 13.7. The maximum atomic E-state index is 13.6. The molecule has 1 amide bonds. The van der Waals surface area contributed by atoms with Gasteiger partial charge in [0.15, 0.2) is 17.7 Å². The molecular formula is C17H18F2N4O2. The highest BCUT2D eigenvalue weighted by Crippen LogP contribution is 2.20. The van der Waals surface area contributed by atoms with Crippen LogP contribution < -0.4 is 9.64 Å². The molecule has 1 aromatic heterocycles. The van der Waals surface area contributed by atoms with Crippen LogP contribution in [0.5, 0.6) is 5.75 Å². The van der Waals surface area contributed by atoms with E-state index in [2.05, 4.69) is 9.97 Å². The molecular weight excluding hydrogens is 330 g/mol. The van der Waals surface area contributed by atoms with Crippen molar-refractivity contribution in [1.82, 2.24) is 14.9 Å². The molecule has 1 aliphatic heterocycles. The normalized spacial score (nSPS) is 15.8. The van der Waals surface area contributed by atoms with Crippen LogP contribution in [0.2, 0.25) is 0 Å². The number of nitrogens with zero attached hydrogens (tertiary/aromatic N) is 4. The zero-order valence-electron chi connectivity index (χ0n) is 13.7. The van der Waals surface area contributed by atoms with E-state index in [4.69, 9.17) is 4.74 Å². The van der Waals surface area contributed by atoms with E-state index in [9.17, 15) is 13.6 Å². The second kappa shape index (κ2) is 7.42. The van der Waals surface area contributed by atoms with Gasteiger partial charge in [-0.15, -0.1) is 0 Å². The van der Waals surface area contributed by atoms with Crippen molar-refractivity contribution < 1.29 is 18.3 Å². The Balaban J connectivity index is 1.56. The summed E-state index contributed by atoms with van der Waals surface area (Å²) in [5, 5.41) is 0. The molecule has 0 saturated carbocycles. The summed E-state index contributed by atoms with van der Waals surface area (Å²) in [6, 6.07) is 4.75. The minimum Gasteiger partial charge on any atom is -0.478 e. The second-order valence-corrected chi connectivity index (χ2v) is 5.70. The quantitative estimate of drug-likeness (QED) is 0.844. The van der Waals surface area contributed by atoms with E-state index in [-0.39, 0.29) is 11.7 Å². The van der Waals surface area contributed by atoms with Crippen molar-refractivity contribution in [1.29, 1.82) is 0 Å². The van der Waals surface area contributed by atoms with Crippen LogP contribution >= 0.6 is 0 Å². The first kappa shape index (κ1) is 17.1. The fraction of sp³-hybridized carbons (Fsp3) is 0.353. The number of anilines is 1. The molecule has 0 bridgehead atoms. The van der Waals surface area contributed by atoms with Crippen molar-refractivity contribution in [2.24, 2.45) is 0 Å². The van der Waals surface area contributed by atoms with Gasteiger partial charge in [-0.2, -0.15) is 0 Å². The predicted molar refractivity (Wildman–Crippen MR) is 87.3 cm³/mol. The molecule has 25 heavy (non-hydrogen) atoms. The van der Waals surface area contributed by atoms with E-state index < -0.39 is 17.7 Å². The molecule has 1 atom stereocenters. The highest BCUT2D eigenvalue weighted by Gasteiger charge is 2.27. The highest BCUT2D eigenvalue weighted by molar-refractivity contribution is 5.81. The number of hydrogen-bond donors (Lipinski definition) is 0. The smallest absolute Gasteiger partial charge is 0.263 e. The third-order valence-electron chi connectivity index (χ3n) is 3.97. The summed E-state index contributed by atoms with van der Waals surface area (Å²) in [5.74, 6) is -1.27. The summed E-state index contributed by atoms with van der Waals surface area (Å²) >= 11 is 0.